The molecule has 8 heteroatoms. The van der Waals surface area contributed by atoms with Gasteiger partial charge < -0.3 is 14.6 Å². The van der Waals surface area contributed by atoms with Gasteiger partial charge in [-0.1, -0.05) is 49.0 Å². The van der Waals surface area contributed by atoms with Gasteiger partial charge in [-0.25, -0.2) is 9.55 Å². The predicted molar refractivity (Wildman–Crippen MR) is 131 cm³/mol. The van der Waals surface area contributed by atoms with Gasteiger partial charge in [0, 0.05) is 24.0 Å². The van der Waals surface area contributed by atoms with E-state index in [4.69, 9.17) is 9.72 Å². The maximum atomic E-state index is 13.7. The number of nitrogens with zero attached hydrogens (tertiary/aromatic N) is 3. The minimum Gasteiger partial charge on any atom is -0.495 e. The van der Waals surface area contributed by atoms with Gasteiger partial charge in [-0.2, -0.15) is 0 Å². The highest BCUT2D eigenvalue weighted by Gasteiger charge is 2.23. The molecule has 1 saturated heterocycles. The van der Waals surface area contributed by atoms with Crippen LogP contribution in [0.3, 0.4) is 0 Å². The zero-order chi connectivity index (χ0) is 22.9. The molecule has 1 amide bonds. The molecule has 3 heterocycles. The number of hydrogen-bond acceptors (Lipinski definition) is 5. The highest BCUT2D eigenvalue weighted by molar-refractivity contribution is 7.99. The summed E-state index contributed by atoms with van der Waals surface area (Å²) in [5, 5.41) is 1.36. The summed E-state index contributed by atoms with van der Waals surface area (Å²) in [4.78, 5) is 36.6. The van der Waals surface area contributed by atoms with E-state index in [-0.39, 0.29) is 17.2 Å². The second-order valence-electron chi connectivity index (χ2n) is 8.45. The molecule has 0 spiro atoms. The first kappa shape index (κ1) is 21.6. The summed E-state index contributed by atoms with van der Waals surface area (Å²) in [6.45, 7) is 3.80. The van der Waals surface area contributed by atoms with E-state index in [1.165, 1.54) is 11.8 Å². The van der Waals surface area contributed by atoms with Gasteiger partial charge in [-0.15, -0.1) is 0 Å². The lowest BCUT2D eigenvalue weighted by atomic mass is 9.99. The van der Waals surface area contributed by atoms with Crippen LogP contribution in [-0.4, -0.2) is 51.3 Å². The number of nitrogens with one attached hydrogen (secondary N) is 1. The van der Waals surface area contributed by atoms with E-state index in [9.17, 15) is 9.59 Å². The molecule has 0 bridgehead atoms. The van der Waals surface area contributed by atoms with E-state index < -0.39 is 0 Å². The lowest BCUT2D eigenvalue weighted by Gasteiger charge is -2.30. The molecule has 0 atom stereocenters. The molecule has 5 rings (SSSR count). The molecule has 0 radical (unpaired) electrons. The number of aromatic nitrogens is 3. The molecule has 0 aliphatic carbocycles. The number of fused-ring (bicyclic) bond motifs is 3. The molecule has 1 aliphatic heterocycles. The Morgan fingerprint density at radius 2 is 1.88 bits per heavy atom. The summed E-state index contributed by atoms with van der Waals surface area (Å²) >= 11 is 1.30. The maximum Gasteiger partial charge on any atom is 0.283 e. The third-order valence-electron chi connectivity index (χ3n) is 6.28. The number of H-pyrrole nitrogens is 1. The first-order chi connectivity index (χ1) is 16.1. The van der Waals surface area contributed by atoms with Gasteiger partial charge in [0.05, 0.1) is 18.6 Å². The lowest BCUT2D eigenvalue weighted by Crippen LogP contribution is -2.39. The smallest absolute Gasteiger partial charge is 0.283 e. The molecular weight excluding hydrogens is 436 g/mol. The minimum absolute atomic E-state index is 0.0757. The predicted octanol–water partition coefficient (Wildman–Crippen LogP) is 4.23. The number of likely N-dealkylation sites (tertiary alicyclic amines) is 1. The van der Waals surface area contributed by atoms with Gasteiger partial charge in [0.15, 0.2) is 5.16 Å². The fraction of sp³-hybridized carbons (Fsp3) is 0.320. The molecule has 0 unspecified atom stereocenters. The van der Waals surface area contributed by atoms with Gasteiger partial charge in [-0.3, -0.25) is 9.59 Å². The van der Waals surface area contributed by atoms with Gasteiger partial charge in [0.25, 0.3) is 5.56 Å². The van der Waals surface area contributed by atoms with E-state index in [1.807, 2.05) is 53.4 Å². The quantitative estimate of drug-likeness (QED) is 0.355. The van der Waals surface area contributed by atoms with Gasteiger partial charge >= 0.3 is 0 Å². The van der Waals surface area contributed by atoms with Crippen molar-refractivity contribution in [2.24, 2.45) is 5.92 Å². The summed E-state index contributed by atoms with van der Waals surface area (Å²) in [5.41, 5.74) is 2.28. The Hall–Kier alpha value is -3.26. The topological polar surface area (TPSA) is 80.2 Å². The number of thioether (sulfide) groups is 1. The van der Waals surface area contributed by atoms with E-state index in [1.54, 1.807) is 11.7 Å². The highest BCUT2D eigenvalue weighted by Crippen LogP contribution is 2.30. The summed E-state index contributed by atoms with van der Waals surface area (Å²) in [7, 11) is 1.58. The SMILES string of the molecule is COc1ccccc1-n1c(SCC(=O)N2CCC(C)CC2)nc2c([nH]c3ccccc32)c1=O. The van der Waals surface area contributed by atoms with Crippen LogP contribution in [0.25, 0.3) is 27.6 Å². The van der Waals surface area contributed by atoms with Crippen molar-refractivity contribution in [3.8, 4) is 11.4 Å². The summed E-state index contributed by atoms with van der Waals surface area (Å²) < 4.78 is 7.08. The standard InChI is InChI=1S/C25H26N4O3S/c1-16-11-13-28(14-12-16)21(30)15-33-25-27-22-17-7-3-4-8-18(17)26-23(22)24(31)29(25)19-9-5-6-10-20(19)32-2/h3-10,16,26H,11-15H2,1-2H3. The molecule has 1 aliphatic rings. The maximum absolute atomic E-state index is 13.7. The zero-order valence-corrected chi connectivity index (χ0v) is 19.5. The highest BCUT2D eigenvalue weighted by atomic mass is 32.2. The molecule has 33 heavy (non-hydrogen) atoms. The first-order valence-electron chi connectivity index (χ1n) is 11.1. The van der Waals surface area contributed by atoms with Crippen LogP contribution in [0.1, 0.15) is 19.8 Å². The van der Waals surface area contributed by atoms with Crippen LogP contribution in [0.5, 0.6) is 5.75 Å². The lowest BCUT2D eigenvalue weighted by molar-refractivity contribution is -0.129. The van der Waals surface area contributed by atoms with Crippen LogP contribution in [0.15, 0.2) is 58.5 Å². The minimum atomic E-state index is -0.220. The van der Waals surface area contributed by atoms with Gasteiger partial charge in [0.1, 0.15) is 16.8 Å². The number of piperidine rings is 1. The van der Waals surface area contributed by atoms with Crippen molar-refractivity contribution >= 4 is 39.6 Å². The Labute approximate surface area is 195 Å². The summed E-state index contributed by atoms with van der Waals surface area (Å²) in [6, 6.07) is 15.1. The van der Waals surface area contributed by atoms with E-state index in [0.717, 1.165) is 36.8 Å². The van der Waals surface area contributed by atoms with Crippen molar-refractivity contribution in [1.29, 1.82) is 0 Å². The molecule has 1 N–H and O–H groups in total. The van der Waals surface area contributed by atoms with Crippen LogP contribution >= 0.6 is 11.8 Å². The average Bonchev–Trinajstić information content (AvgIpc) is 3.22. The first-order valence-corrected chi connectivity index (χ1v) is 12.1. The largest absolute Gasteiger partial charge is 0.495 e. The number of hydrogen-bond donors (Lipinski definition) is 1. The van der Waals surface area contributed by atoms with Crippen molar-refractivity contribution in [1.82, 2.24) is 19.4 Å². The third kappa shape index (κ3) is 3.99. The Balaban J connectivity index is 1.60. The fourth-order valence-electron chi connectivity index (χ4n) is 4.34. The number of para-hydroxylation sites is 3. The fourth-order valence-corrected chi connectivity index (χ4v) is 5.24. The monoisotopic (exact) mass is 462 g/mol. The van der Waals surface area contributed by atoms with Crippen molar-refractivity contribution in [2.45, 2.75) is 24.9 Å². The summed E-state index contributed by atoms with van der Waals surface area (Å²) in [6.07, 6.45) is 2.06. The number of carbonyl (C=O) groups excluding carboxylic acids is 1. The molecule has 2 aromatic heterocycles. The number of rotatable bonds is 5. The van der Waals surface area contributed by atoms with Crippen LogP contribution in [0, 0.1) is 5.92 Å². The molecule has 7 nitrogen and oxygen atoms in total. The van der Waals surface area contributed by atoms with Crippen molar-refractivity contribution in [3.05, 3.63) is 58.9 Å². The van der Waals surface area contributed by atoms with Crippen LogP contribution < -0.4 is 10.3 Å². The Bertz CT molecular complexity index is 1390. The normalized spacial score (nSPS) is 14.8. The molecule has 0 saturated carbocycles. The van der Waals surface area contributed by atoms with Gasteiger partial charge in [0.2, 0.25) is 5.91 Å². The number of benzene rings is 2. The zero-order valence-electron chi connectivity index (χ0n) is 18.7. The molecule has 170 valence electrons. The van der Waals surface area contributed by atoms with E-state index >= 15 is 0 Å². The molecular formula is C25H26N4O3S. The van der Waals surface area contributed by atoms with E-state index in [0.29, 0.717) is 33.5 Å². The average molecular weight is 463 g/mol. The van der Waals surface area contributed by atoms with Crippen molar-refractivity contribution in [3.63, 3.8) is 0 Å². The number of carbonyl (C=O) groups is 1. The molecule has 2 aromatic carbocycles. The van der Waals surface area contributed by atoms with Gasteiger partial charge in [-0.05, 0) is 37.0 Å². The Morgan fingerprint density at radius 1 is 1.15 bits per heavy atom. The van der Waals surface area contributed by atoms with Crippen LogP contribution in [0.4, 0.5) is 0 Å². The summed E-state index contributed by atoms with van der Waals surface area (Å²) in [5.74, 6) is 1.52. The van der Waals surface area contributed by atoms with Crippen molar-refractivity contribution in [2.75, 3.05) is 26.0 Å². The second kappa shape index (κ2) is 8.94. The van der Waals surface area contributed by atoms with E-state index in [2.05, 4.69) is 11.9 Å². The Kier molecular flexibility index (Phi) is 5.85. The second-order valence-corrected chi connectivity index (χ2v) is 9.40. The Morgan fingerprint density at radius 3 is 2.67 bits per heavy atom. The van der Waals surface area contributed by atoms with Crippen LogP contribution in [-0.2, 0) is 4.79 Å². The van der Waals surface area contributed by atoms with Crippen LogP contribution in [0.2, 0.25) is 0 Å². The molecule has 4 aromatic rings. The number of methoxy groups -OCH3 is 1. The number of aromatic amines is 1. The number of amides is 1. The van der Waals surface area contributed by atoms with Crippen molar-refractivity contribution < 1.29 is 9.53 Å². The number of ether oxygens (including phenoxy) is 1. The third-order valence-corrected chi connectivity index (χ3v) is 7.20. The molecule has 1 fully saturated rings.